The molecule has 1 saturated heterocycles. The molecule has 2 heterocycles. The van der Waals surface area contributed by atoms with Crippen LogP contribution in [0.3, 0.4) is 0 Å². The number of para-hydroxylation sites is 1. The third kappa shape index (κ3) is 4.34. The monoisotopic (exact) mass is 325 g/mol. The zero-order valence-electron chi connectivity index (χ0n) is 14.4. The highest BCUT2D eigenvalue weighted by Crippen LogP contribution is 2.32. The summed E-state index contributed by atoms with van der Waals surface area (Å²) in [6.45, 7) is 7.02. The third-order valence-electron chi connectivity index (χ3n) is 4.52. The van der Waals surface area contributed by atoms with Gasteiger partial charge in [-0.25, -0.2) is 0 Å². The van der Waals surface area contributed by atoms with Gasteiger partial charge in [0, 0.05) is 49.6 Å². The fraction of sp³-hybridized carbons (Fsp3) is 0.450. The van der Waals surface area contributed by atoms with Crippen LogP contribution in [0.25, 0.3) is 0 Å². The van der Waals surface area contributed by atoms with E-state index in [2.05, 4.69) is 51.6 Å². The first-order chi connectivity index (χ1) is 11.9. The molecule has 0 spiro atoms. The summed E-state index contributed by atoms with van der Waals surface area (Å²) in [5.41, 5.74) is 2.40. The number of pyridine rings is 1. The Hall–Kier alpha value is -1.91. The minimum atomic E-state index is 0.294. The molecule has 128 valence electrons. The van der Waals surface area contributed by atoms with E-state index in [9.17, 15) is 0 Å². The second-order valence-electron chi connectivity index (χ2n) is 6.15. The van der Waals surface area contributed by atoms with Crippen LogP contribution in [0.5, 0.6) is 5.75 Å². The van der Waals surface area contributed by atoms with Gasteiger partial charge in [-0.15, -0.1) is 0 Å². The minimum absolute atomic E-state index is 0.294. The zero-order chi connectivity index (χ0) is 16.6. The number of nitrogens with zero attached hydrogens (tertiary/aromatic N) is 2. The standard InChI is InChI=1S/C20H27N3O/c1-2-24-20-10-4-3-9-18(20)19(16-17-8-5-6-12-22-17)23-14-7-11-21-13-15-23/h3-6,8-10,12,19,21H,2,7,11,13-16H2,1H3. The number of hydrogen-bond acceptors (Lipinski definition) is 4. The number of ether oxygens (including phenoxy) is 1. The molecule has 1 atom stereocenters. The average molecular weight is 325 g/mol. The van der Waals surface area contributed by atoms with Crippen molar-refractivity contribution in [3.05, 3.63) is 59.9 Å². The molecule has 1 fully saturated rings. The Balaban J connectivity index is 1.91. The highest BCUT2D eigenvalue weighted by atomic mass is 16.5. The van der Waals surface area contributed by atoms with E-state index in [0.29, 0.717) is 12.6 Å². The van der Waals surface area contributed by atoms with Crippen LogP contribution < -0.4 is 10.1 Å². The van der Waals surface area contributed by atoms with E-state index in [4.69, 9.17) is 4.74 Å². The molecule has 4 nitrogen and oxygen atoms in total. The van der Waals surface area contributed by atoms with Crippen molar-refractivity contribution in [2.24, 2.45) is 0 Å². The summed E-state index contributed by atoms with van der Waals surface area (Å²) < 4.78 is 5.92. The molecule has 1 aromatic heterocycles. The molecule has 1 unspecified atom stereocenters. The quantitative estimate of drug-likeness (QED) is 0.886. The van der Waals surface area contributed by atoms with E-state index in [0.717, 1.165) is 44.0 Å². The van der Waals surface area contributed by atoms with Crippen molar-refractivity contribution in [1.29, 1.82) is 0 Å². The molecule has 4 heteroatoms. The van der Waals surface area contributed by atoms with Crippen molar-refractivity contribution < 1.29 is 4.74 Å². The summed E-state index contributed by atoms with van der Waals surface area (Å²) in [6, 6.07) is 14.9. The first-order valence-corrected chi connectivity index (χ1v) is 8.95. The van der Waals surface area contributed by atoms with Gasteiger partial charge in [0.25, 0.3) is 0 Å². The smallest absolute Gasteiger partial charge is 0.124 e. The van der Waals surface area contributed by atoms with Gasteiger partial charge in [-0.2, -0.15) is 0 Å². The Kier molecular flexibility index (Phi) is 6.21. The van der Waals surface area contributed by atoms with E-state index in [-0.39, 0.29) is 0 Å². The Labute approximate surface area is 144 Å². The molecule has 1 aromatic carbocycles. The fourth-order valence-corrected chi connectivity index (χ4v) is 3.37. The van der Waals surface area contributed by atoms with Gasteiger partial charge in [-0.1, -0.05) is 24.3 Å². The third-order valence-corrected chi connectivity index (χ3v) is 4.52. The average Bonchev–Trinajstić information content (AvgIpc) is 2.91. The lowest BCUT2D eigenvalue weighted by atomic mass is 9.98. The van der Waals surface area contributed by atoms with Crippen molar-refractivity contribution in [2.45, 2.75) is 25.8 Å². The van der Waals surface area contributed by atoms with Crippen LogP contribution in [-0.4, -0.2) is 42.7 Å². The summed E-state index contributed by atoms with van der Waals surface area (Å²) in [4.78, 5) is 7.13. The van der Waals surface area contributed by atoms with Crippen molar-refractivity contribution in [2.75, 3.05) is 32.8 Å². The Morgan fingerprint density at radius 2 is 2.00 bits per heavy atom. The van der Waals surface area contributed by atoms with E-state index in [1.165, 1.54) is 12.0 Å². The summed E-state index contributed by atoms with van der Waals surface area (Å²) in [5, 5.41) is 3.50. The molecule has 2 aromatic rings. The van der Waals surface area contributed by atoms with Crippen LogP contribution in [0.2, 0.25) is 0 Å². The van der Waals surface area contributed by atoms with Gasteiger partial charge in [0.1, 0.15) is 5.75 Å². The molecule has 1 N–H and O–H groups in total. The molecule has 0 saturated carbocycles. The van der Waals surface area contributed by atoms with Gasteiger partial charge in [-0.3, -0.25) is 9.88 Å². The lowest BCUT2D eigenvalue weighted by Crippen LogP contribution is -2.34. The van der Waals surface area contributed by atoms with Gasteiger partial charge in [0.15, 0.2) is 0 Å². The zero-order valence-corrected chi connectivity index (χ0v) is 14.4. The van der Waals surface area contributed by atoms with Gasteiger partial charge < -0.3 is 10.1 Å². The van der Waals surface area contributed by atoms with Gasteiger partial charge in [0.05, 0.1) is 6.61 Å². The molecule has 3 rings (SSSR count). The normalized spacial score (nSPS) is 17.2. The lowest BCUT2D eigenvalue weighted by molar-refractivity contribution is 0.202. The van der Waals surface area contributed by atoms with Gasteiger partial charge in [-0.05, 0) is 38.1 Å². The maximum Gasteiger partial charge on any atom is 0.124 e. The van der Waals surface area contributed by atoms with Gasteiger partial charge in [0.2, 0.25) is 0 Å². The van der Waals surface area contributed by atoms with E-state index in [1.807, 2.05) is 19.2 Å². The van der Waals surface area contributed by atoms with Crippen LogP contribution >= 0.6 is 0 Å². The maximum atomic E-state index is 5.92. The summed E-state index contributed by atoms with van der Waals surface area (Å²) >= 11 is 0. The molecule has 1 aliphatic rings. The van der Waals surface area contributed by atoms with Crippen LogP contribution in [0.15, 0.2) is 48.7 Å². The number of rotatable bonds is 6. The summed E-state index contributed by atoms with van der Waals surface area (Å²) in [7, 11) is 0. The first kappa shape index (κ1) is 16.9. The molecule has 0 amide bonds. The topological polar surface area (TPSA) is 37.4 Å². The molecule has 0 aliphatic carbocycles. The van der Waals surface area contributed by atoms with Gasteiger partial charge >= 0.3 is 0 Å². The fourth-order valence-electron chi connectivity index (χ4n) is 3.37. The number of benzene rings is 1. The maximum absolute atomic E-state index is 5.92. The molecule has 24 heavy (non-hydrogen) atoms. The Morgan fingerprint density at radius 3 is 2.83 bits per heavy atom. The van der Waals surface area contributed by atoms with Crippen molar-refractivity contribution in [3.8, 4) is 5.75 Å². The van der Waals surface area contributed by atoms with Crippen LogP contribution in [-0.2, 0) is 6.42 Å². The van der Waals surface area contributed by atoms with Crippen molar-refractivity contribution in [3.63, 3.8) is 0 Å². The highest BCUT2D eigenvalue weighted by molar-refractivity contribution is 5.37. The van der Waals surface area contributed by atoms with Crippen molar-refractivity contribution in [1.82, 2.24) is 15.2 Å². The minimum Gasteiger partial charge on any atom is -0.494 e. The van der Waals surface area contributed by atoms with Crippen LogP contribution in [0.1, 0.15) is 30.6 Å². The second kappa shape index (κ2) is 8.81. The Morgan fingerprint density at radius 1 is 1.12 bits per heavy atom. The summed E-state index contributed by atoms with van der Waals surface area (Å²) in [6.07, 6.45) is 3.96. The molecule has 0 radical (unpaired) electrons. The van der Waals surface area contributed by atoms with Crippen LogP contribution in [0, 0.1) is 0 Å². The van der Waals surface area contributed by atoms with E-state index < -0.39 is 0 Å². The summed E-state index contributed by atoms with van der Waals surface area (Å²) in [5.74, 6) is 0.998. The molecule has 0 bridgehead atoms. The van der Waals surface area contributed by atoms with E-state index >= 15 is 0 Å². The predicted molar refractivity (Wildman–Crippen MR) is 97.4 cm³/mol. The molecule has 1 aliphatic heterocycles. The number of hydrogen-bond donors (Lipinski definition) is 1. The van der Waals surface area contributed by atoms with Crippen LogP contribution in [0.4, 0.5) is 0 Å². The number of nitrogens with one attached hydrogen (secondary N) is 1. The molecular formula is C20H27N3O. The first-order valence-electron chi connectivity index (χ1n) is 8.95. The van der Waals surface area contributed by atoms with E-state index in [1.54, 1.807) is 0 Å². The number of aromatic nitrogens is 1. The second-order valence-corrected chi connectivity index (χ2v) is 6.15. The Bertz CT molecular complexity index is 609. The largest absolute Gasteiger partial charge is 0.494 e. The molecular weight excluding hydrogens is 298 g/mol. The SMILES string of the molecule is CCOc1ccccc1C(Cc1ccccn1)N1CCCNCC1. The lowest BCUT2D eigenvalue weighted by Gasteiger charge is -2.31. The predicted octanol–water partition coefficient (Wildman–Crippen LogP) is 3.06. The van der Waals surface area contributed by atoms with Crippen molar-refractivity contribution >= 4 is 0 Å². The highest BCUT2D eigenvalue weighted by Gasteiger charge is 2.24.